The lowest BCUT2D eigenvalue weighted by Crippen LogP contribution is -2.54. The molecule has 0 spiro atoms. The van der Waals surface area contributed by atoms with Crippen LogP contribution in [0.15, 0.2) is 24.5 Å². The van der Waals surface area contributed by atoms with E-state index in [1.165, 1.54) is 0 Å². The Kier molecular flexibility index (Phi) is 9.24. The van der Waals surface area contributed by atoms with Gasteiger partial charge in [-0.05, 0) is 30.4 Å². The molecule has 0 aromatic carbocycles. The van der Waals surface area contributed by atoms with Crippen LogP contribution in [-0.4, -0.2) is 83.0 Å². The second-order valence-corrected chi connectivity index (χ2v) is 11.0. The first-order valence-corrected chi connectivity index (χ1v) is 12.4. The Morgan fingerprint density at radius 3 is 2.39 bits per heavy atom. The molecule has 33 heavy (non-hydrogen) atoms. The van der Waals surface area contributed by atoms with E-state index in [-0.39, 0.29) is 23.0 Å². The van der Waals surface area contributed by atoms with Crippen molar-refractivity contribution in [3.63, 3.8) is 0 Å². The zero-order chi connectivity index (χ0) is 24.8. The smallest absolute Gasteiger partial charge is 0.475 e. The molecule has 12 heteroatoms. The van der Waals surface area contributed by atoms with Crippen molar-refractivity contribution in [2.45, 2.75) is 57.1 Å². The summed E-state index contributed by atoms with van der Waals surface area (Å²) in [4.78, 5) is 29.7. The summed E-state index contributed by atoms with van der Waals surface area (Å²) in [6.45, 7) is 6.53. The van der Waals surface area contributed by atoms with Gasteiger partial charge in [0.1, 0.15) is 0 Å². The number of amides is 1. The van der Waals surface area contributed by atoms with Gasteiger partial charge in [-0.1, -0.05) is 19.9 Å². The summed E-state index contributed by atoms with van der Waals surface area (Å²) in [7, 11) is -3.10. The number of hydrogen-bond acceptors (Lipinski definition) is 6. The molecule has 2 atom stereocenters. The molecule has 2 saturated heterocycles. The maximum atomic E-state index is 12.7. The van der Waals surface area contributed by atoms with Gasteiger partial charge < -0.3 is 10.0 Å². The van der Waals surface area contributed by atoms with Gasteiger partial charge in [-0.3, -0.25) is 14.7 Å². The minimum atomic E-state index is -5.08. The number of aliphatic carboxylic acids is 1. The van der Waals surface area contributed by atoms with E-state index in [0.717, 1.165) is 5.56 Å². The van der Waals surface area contributed by atoms with Crippen LogP contribution in [0.5, 0.6) is 0 Å². The van der Waals surface area contributed by atoms with Crippen molar-refractivity contribution in [1.29, 1.82) is 0 Å². The van der Waals surface area contributed by atoms with Crippen molar-refractivity contribution in [2.75, 3.05) is 25.4 Å². The average molecular weight is 494 g/mol. The van der Waals surface area contributed by atoms with E-state index >= 15 is 0 Å². The SMILES string of the molecule is CC(C)CC(=O)N1CC[C@@H]2[C@H](CC1)N(Cc1cccnc1)CCS2(=O)=O.O=C(O)C(F)(F)F. The molecule has 1 aromatic rings. The van der Waals surface area contributed by atoms with E-state index in [4.69, 9.17) is 9.90 Å². The summed E-state index contributed by atoms with van der Waals surface area (Å²) < 4.78 is 57.1. The van der Waals surface area contributed by atoms with Gasteiger partial charge in [0, 0.05) is 51.0 Å². The fourth-order valence-electron chi connectivity index (χ4n) is 4.11. The minimum Gasteiger partial charge on any atom is -0.475 e. The number of rotatable bonds is 4. The molecule has 0 radical (unpaired) electrons. The van der Waals surface area contributed by atoms with E-state index < -0.39 is 22.0 Å². The molecule has 8 nitrogen and oxygen atoms in total. The lowest BCUT2D eigenvalue weighted by atomic mass is 10.1. The largest absolute Gasteiger partial charge is 0.490 e. The van der Waals surface area contributed by atoms with Gasteiger partial charge in [0.2, 0.25) is 5.91 Å². The highest BCUT2D eigenvalue weighted by molar-refractivity contribution is 7.92. The Morgan fingerprint density at radius 1 is 1.21 bits per heavy atom. The molecule has 0 unspecified atom stereocenters. The Balaban J connectivity index is 0.000000479. The highest BCUT2D eigenvalue weighted by Crippen LogP contribution is 2.29. The third kappa shape index (κ3) is 7.95. The van der Waals surface area contributed by atoms with Gasteiger partial charge in [-0.2, -0.15) is 13.2 Å². The van der Waals surface area contributed by atoms with Crippen molar-refractivity contribution >= 4 is 21.7 Å². The first kappa shape index (κ1) is 27.0. The monoisotopic (exact) mass is 493 g/mol. The standard InChI is InChI=1S/C19H29N3O3S.C2HF3O2/c1-15(2)12-19(23)21-8-5-17-18(6-9-21)26(24,25)11-10-22(17)14-16-4-3-7-20-13-16;3-2(4,5)1(6)7/h3-4,7,13,15,17-18H,5-6,8-12,14H2,1-2H3;(H,6,7)/t17-,18+;/m0./s1. The molecule has 1 aromatic heterocycles. The molecule has 2 aliphatic rings. The molecule has 186 valence electrons. The Labute approximate surface area is 191 Å². The van der Waals surface area contributed by atoms with Crippen LogP contribution in [0, 0.1) is 5.92 Å². The van der Waals surface area contributed by atoms with Gasteiger partial charge in [0.15, 0.2) is 9.84 Å². The average Bonchev–Trinajstić information content (AvgIpc) is 2.95. The first-order valence-electron chi connectivity index (χ1n) is 10.7. The highest BCUT2D eigenvalue weighted by atomic mass is 32.2. The number of carboxylic acids is 1. The fraction of sp³-hybridized carbons (Fsp3) is 0.667. The summed E-state index contributed by atoms with van der Waals surface area (Å²) in [5.74, 6) is -2.09. The van der Waals surface area contributed by atoms with Crippen molar-refractivity contribution < 1.29 is 36.3 Å². The lowest BCUT2D eigenvalue weighted by molar-refractivity contribution is -0.192. The van der Waals surface area contributed by atoms with Gasteiger partial charge in [0.05, 0.1) is 11.0 Å². The van der Waals surface area contributed by atoms with E-state index in [1.54, 1.807) is 6.20 Å². The number of hydrogen-bond donors (Lipinski definition) is 1. The number of carbonyl (C=O) groups excluding carboxylic acids is 1. The zero-order valence-electron chi connectivity index (χ0n) is 18.7. The Bertz CT molecular complexity index is 909. The number of halogens is 3. The van der Waals surface area contributed by atoms with Crippen molar-refractivity contribution in [3.8, 4) is 0 Å². The molecule has 1 N–H and O–H groups in total. The third-order valence-corrected chi connectivity index (χ3v) is 7.91. The van der Waals surface area contributed by atoms with Gasteiger partial charge in [-0.15, -0.1) is 0 Å². The van der Waals surface area contributed by atoms with Crippen molar-refractivity contribution in [3.05, 3.63) is 30.1 Å². The maximum Gasteiger partial charge on any atom is 0.490 e. The molecular formula is C21H30F3N3O5S. The van der Waals surface area contributed by atoms with Crippen LogP contribution in [0.25, 0.3) is 0 Å². The maximum absolute atomic E-state index is 12.7. The summed E-state index contributed by atoms with van der Waals surface area (Å²) in [5, 5.41) is 6.75. The fourth-order valence-corrected chi connectivity index (χ4v) is 6.15. The van der Waals surface area contributed by atoms with Crippen LogP contribution in [-0.2, 0) is 26.0 Å². The zero-order valence-corrected chi connectivity index (χ0v) is 19.5. The van der Waals surface area contributed by atoms with Gasteiger partial charge in [-0.25, -0.2) is 13.2 Å². The number of carboxylic acid groups (broad SMARTS) is 1. The van der Waals surface area contributed by atoms with E-state index in [9.17, 15) is 26.4 Å². The first-order chi connectivity index (χ1) is 15.3. The van der Waals surface area contributed by atoms with Crippen LogP contribution >= 0.6 is 0 Å². The highest BCUT2D eigenvalue weighted by Gasteiger charge is 2.43. The number of likely N-dealkylation sites (tertiary alicyclic amines) is 1. The second kappa shape index (κ2) is 11.3. The molecule has 0 saturated carbocycles. The number of aromatic nitrogens is 1. The molecular weight excluding hydrogens is 463 g/mol. The molecule has 0 aliphatic carbocycles. The van der Waals surface area contributed by atoms with Crippen LogP contribution in [0.1, 0.15) is 38.7 Å². The number of nitrogens with zero attached hydrogens (tertiary/aromatic N) is 3. The predicted octanol–water partition coefficient (Wildman–Crippen LogP) is 2.35. The summed E-state index contributed by atoms with van der Waals surface area (Å²) in [6.07, 6.45) is 0.292. The summed E-state index contributed by atoms with van der Waals surface area (Å²) in [6, 6.07) is 3.92. The molecule has 3 rings (SSSR count). The topological polar surface area (TPSA) is 108 Å². The number of fused-ring (bicyclic) bond motifs is 1. The normalized spacial score (nSPS) is 23.2. The van der Waals surface area contributed by atoms with E-state index in [0.29, 0.717) is 51.4 Å². The van der Waals surface area contributed by atoms with E-state index in [1.807, 2.05) is 37.1 Å². The Morgan fingerprint density at radius 2 is 1.85 bits per heavy atom. The van der Waals surface area contributed by atoms with Crippen LogP contribution in [0.2, 0.25) is 0 Å². The van der Waals surface area contributed by atoms with Crippen molar-refractivity contribution in [1.82, 2.24) is 14.8 Å². The summed E-state index contributed by atoms with van der Waals surface area (Å²) >= 11 is 0. The molecule has 2 aliphatic heterocycles. The predicted molar refractivity (Wildman–Crippen MR) is 115 cm³/mol. The van der Waals surface area contributed by atoms with Crippen LogP contribution < -0.4 is 0 Å². The molecule has 2 fully saturated rings. The summed E-state index contributed by atoms with van der Waals surface area (Å²) in [5.41, 5.74) is 1.10. The molecule has 1 amide bonds. The third-order valence-electron chi connectivity index (χ3n) is 5.69. The van der Waals surface area contributed by atoms with Crippen LogP contribution in [0.3, 0.4) is 0 Å². The van der Waals surface area contributed by atoms with Gasteiger partial charge in [0.25, 0.3) is 0 Å². The Hall–Kier alpha value is -2.21. The van der Waals surface area contributed by atoms with Gasteiger partial charge >= 0.3 is 12.1 Å². The second-order valence-electron chi connectivity index (χ2n) is 8.66. The minimum absolute atomic E-state index is 0.0224. The molecule has 0 bridgehead atoms. The van der Waals surface area contributed by atoms with Crippen LogP contribution in [0.4, 0.5) is 13.2 Å². The molecule has 3 heterocycles. The number of alkyl halides is 3. The number of pyridine rings is 1. The quantitative estimate of drug-likeness (QED) is 0.686. The van der Waals surface area contributed by atoms with E-state index in [2.05, 4.69) is 9.88 Å². The number of carbonyl (C=O) groups is 2. The van der Waals surface area contributed by atoms with Crippen molar-refractivity contribution in [2.24, 2.45) is 5.92 Å². The number of sulfone groups is 1. The lowest BCUT2D eigenvalue weighted by Gasteiger charge is -2.40.